The Kier molecular flexibility index (Phi) is 4.94. The van der Waals surface area contributed by atoms with Gasteiger partial charge in [-0.2, -0.15) is 5.10 Å². The molecule has 1 fully saturated rings. The molecule has 1 aliphatic rings. The minimum Gasteiger partial charge on any atom is -0.355 e. The molecule has 0 saturated carbocycles. The molecule has 1 aromatic heterocycles. The Bertz CT molecular complexity index is 493. The van der Waals surface area contributed by atoms with Crippen LogP contribution in [0.3, 0.4) is 0 Å². The molecule has 1 atom stereocenters. The van der Waals surface area contributed by atoms with Gasteiger partial charge in [-0.1, -0.05) is 0 Å². The monoisotopic (exact) mass is 281 g/mol. The summed E-state index contributed by atoms with van der Waals surface area (Å²) in [6, 6.07) is 0.486. The van der Waals surface area contributed by atoms with Crippen molar-refractivity contribution in [1.82, 2.24) is 25.4 Å². The minimum absolute atomic E-state index is 0.0735. The second-order valence-electron chi connectivity index (χ2n) is 5.59. The molecule has 112 valence electrons. The fraction of sp³-hybridized carbons (Fsp3) is 0.769. The van der Waals surface area contributed by atoms with Gasteiger partial charge >= 0.3 is 5.69 Å². The van der Waals surface area contributed by atoms with Crippen molar-refractivity contribution in [3.63, 3.8) is 0 Å². The van der Waals surface area contributed by atoms with E-state index in [9.17, 15) is 9.59 Å². The van der Waals surface area contributed by atoms with Crippen LogP contribution in [0.2, 0.25) is 0 Å². The Morgan fingerprint density at radius 3 is 3.00 bits per heavy atom. The fourth-order valence-corrected chi connectivity index (χ4v) is 2.56. The highest BCUT2D eigenvalue weighted by Crippen LogP contribution is 2.18. The van der Waals surface area contributed by atoms with E-state index >= 15 is 0 Å². The van der Waals surface area contributed by atoms with Gasteiger partial charge in [-0.25, -0.2) is 9.89 Å². The molecule has 3 N–H and O–H groups in total. The van der Waals surface area contributed by atoms with E-state index < -0.39 is 0 Å². The zero-order valence-corrected chi connectivity index (χ0v) is 12.1. The quantitative estimate of drug-likeness (QED) is 0.701. The van der Waals surface area contributed by atoms with Gasteiger partial charge in [0.05, 0.1) is 5.92 Å². The molecular weight excluding hydrogens is 258 g/mol. The zero-order valence-electron chi connectivity index (χ0n) is 12.1. The molecule has 0 spiro atoms. The summed E-state index contributed by atoms with van der Waals surface area (Å²) in [5.74, 6) is 0.750. The minimum atomic E-state index is -0.314. The molecule has 0 unspecified atom stereocenters. The van der Waals surface area contributed by atoms with Gasteiger partial charge in [0.1, 0.15) is 5.82 Å². The first kappa shape index (κ1) is 14.8. The average Bonchev–Trinajstić information content (AvgIpc) is 2.84. The summed E-state index contributed by atoms with van der Waals surface area (Å²) in [6.07, 6.45) is 2.56. The van der Waals surface area contributed by atoms with Gasteiger partial charge in [-0.15, -0.1) is 0 Å². The van der Waals surface area contributed by atoms with Gasteiger partial charge in [-0.3, -0.25) is 9.78 Å². The lowest BCUT2D eigenvalue weighted by Crippen LogP contribution is -2.45. The summed E-state index contributed by atoms with van der Waals surface area (Å²) in [6.45, 7) is 6.74. The molecule has 0 radical (unpaired) electrons. The first-order valence-corrected chi connectivity index (χ1v) is 7.21. The molecule has 1 amide bonds. The second-order valence-corrected chi connectivity index (χ2v) is 5.59. The summed E-state index contributed by atoms with van der Waals surface area (Å²) in [7, 11) is 0. The third kappa shape index (κ3) is 3.93. The smallest absolute Gasteiger partial charge is 0.340 e. The highest BCUT2D eigenvalue weighted by molar-refractivity contribution is 5.78. The van der Waals surface area contributed by atoms with Crippen molar-refractivity contribution < 1.29 is 4.79 Å². The van der Waals surface area contributed by atoms with E-state index in [4.69, 9.17) is 0 Å². The number of carbonyl (C=O) groups is 1. The maximum absolute atomic E-state index is 12.1. The number of nitrogens with one attached hydrogen (secondary N) is 3. The van der Waals surface area contributed by atoms with Crippen LogP contribution in [-0.4, -0.2) is 51.7 Å². The number of aromatic amines is 2. The highest BCUT2D eigenvalue weighted by Gasteiger charge is 2.26. The number of H-pyrrole nitrogens is 2. The van der Waals surface area contributed by atoms with E-state index in [0.29, 0.717) is 24.8 Å². The number of likely N-dealkylation sites (tertiary alicyclic amines) is 1. The van der Waals surface area contributed by atoms with E-state index in [1.165, 1.54) is 0 Å². The summed E-state index contributed by atoms with van der Waals surface area (Å²) in [5, 5.41) is 9.04. The van der Waals surface area contributed by atoms with Crippen LogP contribution in [0.4, 0.5) is 0 Å². The maximum atomic E-state index is 12.1. The molecule has 0 bridgehead atoms. The van der Waals surface area contributed by atoms with Crippen molar-refractivity contribution in [2.24, 2.45) is 5.92 Å². The Morgan fingerprint density at radius 1 is 1.55 bits per heavy atom. The zero-order chi connectivity index (χ0) is 14.5. The summed E-state index contributed by atoms with van der Waals surface area (Å²) in [4.78, 5) is 27.9. The normalized spacial score (nSPS) is 20.2. The number of piperidine rings is 1. The van der Waals surface area contributed by atoms with Gasteiger partial charge in [0.15, 0.2) is 0 Å². The van der Waals surface area contributed by atoms with Crippen LogP contribution in [-0.2, 0) is 11.2 Å². The van der Waals surface area contributed by atoms with Crippen molar-refractivity contribution in [3.05, 3.63) is 16.3 Å². The second kappa shape index (κ2) is 6.69. The molecule has 0 aliphatic carbocycles. The van der Waals surface area contributed by atoms with E-state index in [0.717, 1.165) is 25.9 Å². The molecule has 7 heteroatoms. The third-order valence-corrected chi connectivity index (χ3v) is 3.77. The number of carbonyl (C=O) groups excluding carboxylic acids is 1. The average molecular weight is 281 g/mol. The van der Waals surface area contributed by atoms with Gasteiger partial charge in [0.25, 0.3) is 0 Å². The lowest BCUT2D eigenvalue weighted by molar-refractivity contribution is -0.126. The molecule has 2 rings (SSSR count). The van der Waals surface area contributed by atoms with E-state index in [2.05, 4.69) is 39.2 Å². The SMILES string of the molecule is CC(C)N1CCC[C@H](C(=O)NCCc2n[nH]c(=O)[nH]2)C1. The Balaban J connectivity index is 1.75. The van der Waals surface area contributed by atoms with Crippen molar-refractivity contribution in [2.75, 3.05) is 19.6 Å². The first-order chi connectivity index (χ1) is 9.56. The lowest BCUT2D eigenvalue weighted by Gasteiger charge is -2.34. The Hall–Kier alpha value is -1.63. The van der Waals surface area contributed by atoms with Crippen LogP contribution >= 0.6 is 0 Å². The standard InChI is InChI=1S/C13H23N5O2/c1-9(2)18-7-3-4-10(8-18)12(19)14-6-5-11-15-13(20)17-16-11/h9-10H,3-8H2,1-2H3,(H,14,19)(H2,15,16,17,20)/t10-/m0/s1. The van der Waals surface area contributed by atoms with Crippen molar-refractivity contribution >= 4 is 5.91 Å². The van der Waals surface area contributed by atoms with Gasteiger partial charge in [0, 0.05) is 25.6 Å². The predicted molar refractivity (Wildman–Crippen MR) is 75.4 cm³/mol. The number of amides is 1. The van der Waals surface area contributed by atoms with Gasteiger partial charge < -0.3 is 10.2 Å². The lowest BCUT2D eigenvalue weighted by atomic mass is 9.96. The van der Waals surface area contributed by atoms with Gasteiger partial charge in [-0.05, 0) is 33.2 Å². The van der Waals surface area contributed by atoms with Crippen LogP contribution in [0.15, 0.2) is 4.79 Å². The number of rotatable bonds is 5. The van der Waals surface area contributed by atoms with E-state index in [1.54, 1.807) is 0 Å². The largest absolute Gasteiger partial charge is 0.355 e. The molecule has 20 heavy (non-hydrogen) atoms. The van der Waals surface area contributed by atoms with E-state index in [1.807, 2.05) is 0 Å². The molecule has 2 heterocycles. The Morgan fingerprint density at radius 2 is 2.35 bits per heavy atom. The van der Waals surface area contributed by atoms with E-state index in [-0.39, 0.29) is 17.5 Å². The van der Waals surface area contributed by atoms with Crippen molar-refractivity contribution in [3.8, 4) is 0 Å². The van der Waals surface area contributed by atoms with Crippen LogP contribution in [0.1, 0.15) is 32.5 Å². The van der Waals surface area contributed by atoms with Crippen molar-refractivity contribution in [2.45, 2.75) is 39.2 Å². The summed E-state index contributed by atoms with van der Waals surface area (Å²) in [5.41, 5.74) is -0.314. The number of nitrogens with zero attached hydrogens (tertiary/aromatic N) is 2. The number of aromatic nitrogens is 3. The summed E-state index contributed by atoms with van der Waals surface area (Å²) < 4.78 is 0. The molecule has 7 nitrogen and oxygen atoms in total. The molecular formula is C13H23N5O2. The van der Waals surface area contributed by atoms with Crippen LogP contribution in [0.25, 0.3) is 0 Å². The fourth-order valence-electron chi connectivity index (χ4n) is 2.56. The first-order valence-electron chi connectivity index (χ1n) is 7.21. The Labute approximate surface area is 118 Å². The third-order valence-electron chi connectivity index (χ3n) is 3.77. The van der Waals surface area contributed by atoms with Crippen molar-refractivity contribution in [1.29, 1.82) is 0 Å². The number of hydrogen-bond acceptors (Lipinski definition) is 4. The van der Waals surface area contributed by atoms with Crippen LogP contribution < -0.4 is 11.0 Å². The van der Waals surface area contributed by atoms with Gasteiger partial charge in [0.2, 0.25) is 5.91 Å². The predicted octanol–water partition coefficient (Wildman–Crippen LogP) is -0.123. The topological polar surface area (TPSA) is 93.9 Å². The number of hydrogen-bond donors (Lipinski definition) is 3. The summed E-state index contributed by atoms with van der Waals surface area (Å²) >= 11 is 0. The molecule has 1 aromatic rings. The molecule has 1 saturated heterocycles. The maximum Gasteiger partial charge on any atom is 0.340 e. The molecule has 0 aromatic carbocycles. The van der Waals surface area contributed by atoms with Crippen LogP contribution in [0.5, 0.6) is 0 Å². The highest BCUT2D eigenvalue weighted by atomic mass is 16.2. The van der Waals surface area contributed by atoms with Crippen LogP contribution in [0, 0.1) is 5.92 Å². The molecule has 1 aliphatic heterocycles.